The quantitative estimate of drug-likeness (QED) is 0.677. The molecule has 0 atom stereocenters. The van der Waals surface area contributed by atoms with E-state index in [9.17, 15) is 14.7 Å². The third-order valence-electron chi connectivity index (χ3n) is 2.94. The predicted molar refractivity (Wildman–Crippen MR) is 65.2 cm³/mol. The lowest BCUT2D eigenvalue weighted by Gasteiger charge is -2.08. The first-order chi connectivity index (χ1) is 8.45. The molecule has 0 unspecified atom stereocenters. The van der Waals surface area contributed by atoms with Crippen LogP contribution < -0.4 is 15.8 Å². The minimum absolute atomic E-state index is 0.114. The van der Waals surface area contributed by atoms with Gasteiger partial charge in [-0.1, -0.05) is 0 Å². The fourth-order valence-electron chi connectivity index (χ4n) is 1.84. The molecular formula is C12H14N3O3+. The van der Waals surface area contributed by atoms with Gasteiger partial charge in [-0.3, -0.25) is 13.9 Å². The van der Waals surface area contributed by atoms with Crippen LogP contribution in [0, 0.1) is 0 Å². The number of aromatic hydroxyl groups is 1. The van der Waals surface area contributed by atoms with Crippen molar-refractivity contribution < 1.29 is 9.67 Å². The van der Waals surface area contributed by atoms with Crippen LogP contribution in [0.2, 0.25) is 0 Å². The lowest BCUT2D eigenvalue weighted by molar-refractivity contribution is -0.660. The number of nitrogens with zero attached hydrogens (tertiary/aromatic N) is 3. The van der Waals surface area contributed by atoms with Crippen molar-refractivity contribution in [3.05, 3.63) is 45.2 Å². The van der Waals surface area contributed by atoms with E-state index in [1.165, 1.54) is 14.1 Å². The average Bonchev–Trinajstić information content (AvgIpc) is 2.36. The lowest BCUT2D eigenvalue weighted by atomic mass is 10.2. The third kappa shape index (κ3) is 1.62. The van der Waals surface area contributed by atoms with Crippen molar-refractivity contribution in [1.29, 1.82) is 0 Å². The molecule has 0 aliphatic heterocycles. The van der Waals surface area contributed by atoms with E-state index >= 15 is 0 Å². The Labute approximate surface area is 103 Å². The van der Waals surface area contributed by atoms with E-state index in [0.717, 1.165) is 9.13 Å². The van der Waals surface area contributed by atoms with Crippen LogP contribution >= 0.6 is 0 Å². The standard InChI is InChI=1S/C12H13N3O3/c1-13-7-5-4-6-8(13)9-10(16)14(2)12(18)15(3)11(9)17/h4-7H,1-3H3/p+1. The minimum Gasteiger partial charge on any atom is -0.494 e. The van der Waals surface area contributed by atoms with Crippen LogP contribution in [0.4, 0.5) is 0 Å². The van der Waals surface area contributed by atoms with E-state index < -0.39 is 11.2 Å². The maximum atomic E-state index is 12.1. The van der Waals surface area contributed by atoms with Crippen molar-refractivity contribution in [2.75, 3.05) is 0 Å². The fourth-order valence-corrected chi connectivity index (χ4v) is 1.84. The number of pyridine rings is 1. The molecular weight excluding hydrogens is 234 g/mol. The summed E-state index contributed by atoms with van der Waals surface area (Å²) in [6, 6.07) is 5.28. The highest BCUT2D eigenvalue weighted by Gasteiger charge is 2.22. The molecule has 2 rings (SSSR count). The Morgan fingerprint density at radius 1 is 1.17 bits per heavy atom. The smallest absolute Gasteiger partial charge is 0.333 e. The second-order valence-corrected chi connectivity index (χ2v) is 4.10. The van der Waals surface area contributed by atoms with Gasteiger partial charge in [0.15, 0.2) is 11.8 Å². The van der Waals surface area contributed by atoms with Crippen LogP contribution in [0.1, 0.15) is 0 Å². The van der Waals surface area contributed by atoms with E-state index in [0.29, 0.717) is 5.69 Å². The molecule has 2 aromatic rings. The Balaban J connectivity index is 2.94. The summed E-state index contributed by atoms with van der Waals surface area (Å²) in [5.41, 5.74) is -0.411. The van der Waals surface area contributed by atoms with Gasteiger partial charge in [-0.15, -0.1) is 0 Å². The zero-order valence-electron chi connectivity index (χ0n) is 10.4. The van der Waals surface area contributed by atoms with Crippen molar-refractivity contribution in [3.8, 4) is 17.1 Å². The number of hydrogen-bond acceptors (Lipinski definition) is 3. The minimum atomic E-state index is -0.556. The molecule has 0 aliphatic rings. The summed E-state index contributed by atoms with van der Waals surface area (Å²) in [7, 11) is 4.57. The Morgan fingerprint density at radius 2 is 1.83 bits per heavy atom. The molecule has 2 heterocycles. The van der Waals surface area contributed by atoms with Crippen molar-refractivity contribution in [3.63, 3.8) is 0 Å². The van der Waals surface area contributed by atoms with Gasteiger partial charge in [-0.25, -0.2) is 9.36 Å². The molecule has 0 spiro atoms. The molecule has 0 saturated carbocycles. The Kier molecular flexibility index (Phi) is 2.78. The molecule has 2 aromatic heterocycles. The first-order valence-electron chi connectivity index (χ1n) is 5.39. The summed E-state index contributed by atoms with van der Waals surface area (Å²) in [5.74, 6) is -0.329. The van der Waals surface area contributed by atoms with Crippen LogP contribution in [-0.2, 0) is 21.1 Å². The lowest BCUT2D eigenvalue weighted by Crippen LogP contribution is -2.40. The van der Waals surface area contributed by atoms with Crippen LogP contribution in [0.3, 0.4) is 0 Å². The van der Waals surface area contributed by atoms with E-state index in [4.69, 9.17) is 0 Å². The van der Waals surface area contributed by atoms with Gasteiger partial charge in [0.25, 0.3) is 5.56 Å². The van der Waals surface area contributed by atoms with Crippen LogP contribution in [-0.4, -0.2) is 14.2 Å². The maximum absolute atomic E-state index is 12.1. The number of aryl methyl sites for hydroxylation is 1. The number of aromatic nitrogens is 3. The molecule has 1 N–H and O–H groups in total. The van der Waals surface area contributed by atoms with Crippen LogP contribution in [0.15, 0.2) is 34.0 Å². The molecule has 0 radical (unpaired) electrons. The van der Waals surface area contributed by atoms with E-state index in [1.807, 2.05) is 6.07 Å². The topological polar surface area (TPSA) is 68.1 Å². The Bertz CT molecular complexity index is 728. The summed E-state index contributed by atoms with van der Waals surface area (Å²) in [6.45, 7) is 0. The van der Waals surface area contributed by atoms with Crippen LogP contribution in [0.25, 0.3) is 11.3 Å². The van der Waals surface area contributed by atoms with Gasteiger partial charge in [0.05, 0.1) is 0 Å². The first kappa shape index (κ1) is 12.1. The molecule has 0 fully saturated rings. The average molecular weight is 248 g/mol. The van der Waals surface area contributed by atoms with E-state index in [2.05, 4.69) is 0 Å². The molecule has 18 heavy (non-hydrogen) atoms. The maximum Gasteiger partial charge on any atom is 0.333 e. The molecule has 6 heteroatoms. The van der Waals surface area contributed by atoms with Crippen LogP contribution in [0.5, 0.6) is 5.88 Å². The summed E-state index contributed by atoms with van der Waals surface area (Å²) in [6.07, 6.45) is 1.76. The van der Waals surface area contributed by atoms with E-state index in [-0.39, 0.29) is 11.4 Å². The summed E-state index contributed by atoms with van der Waals surface area (Å²) >= 11 is 0. The zero-order chi connectivity index (χ0) is 13.4. The van der Waals surface area contributed by atoms with E-state index in [1.54, 1.807) is 29.9 Å². The highest BCUT2D eigenvalue weighted by atomic mass is 16.3. The third-order valence-corrected chi connectivity index (χ3v) is 2.94. The molecule has 0 amide bonds. The molecule has 0 saturated heterocycles. The van der Waals surface area contributed by atoms with Gasteiger partial charge < -0.3 is 5.11 Å². The monoisotopic (exact) mass is 248 g/mol. The molecule has 6 nitrogen and oxygen atoms in total. The highest BCUT2D eigenvalue weighted by molar-refractivity contribution is 5.60. The normalized spacial score (nSPS) is 10.6. The second-order valence-electron chi connectivity index (χ2n) is 4.10. The zero-order valence-corrected chi connectivity index (χ0v) is 10.4. The summed E-state index contributed by atoms with van der Waals surface area (Å²) < 4.78 is 3.73. The molecule has 0 aliphatic carbocycles. The summed E-state index contributed by atoms with van der Waals surface area (Å²) in [5, 5.41) is 10.00. The number of hydrogen-bond donors (Lipinski definition) is 1. The van der Waals surface area contributed by atoms with Gasteiger partial charge in [-0.05, 0) is 6.07 Å². The molecule has 0 aromatic carbocycles. The van der Waals surface area contributed by atoms with Gasteiger partial charge in [-0.2, -0.15) is 0 Å². The van der Waals surface area contributed by atoms with Gasteiger partial charge >= 0.3 is 5.69 Å². The first-order valence-corrected chi connectivity index (χ1v) is 5.39. The van der Waals surface area contributed by atoms with Gasteiger partial charge in [0, 0.05) is 26.2 Å². The SMILES string of the molecule is Cn1c(O)c(-c2cccc[n+]2C)c(=O)n(C)c1=O. The van der Waals surface area contributed by atoms with Crippen molar-refractivity contribution in [2.45, 2.75) is 0 Å². The Morgan fingerprint density at radius 3 is 2.44 bits per heavy atom. The highest BCUT2D eigenvalue weighted by Crippen LogP contribution is 2.19. The second kappa shape index (κ2) is 4.14. The Hall–Kier alpha value is -2.37. The predicted octanol–water partition coefficient (Wildman–Crippen LogP) is -0.719. The molecule has 0 bridgehead atoms. The molecule has 94 valence electrons. The fraction of sp³-hybridized carbons (Fsp3) is 0.250. The van der Waals surface area contributed by atoms with Crippen molar-refractivity contribution in [1.82, 2.24) is 9.13 Å². The summed E-state index contributed by atoms with van der Waals surface area (Å²) in [4.78, 5) is 23.7. The number of rotatable bonds is 1. The largest absolute Gasteiger partial charge is 0.494 e. The van der Waals surface area contributed by atoms with Crippen molar-refractivity contribution >= 4 is 0 Å². The van der Waals surface area contributed by atoms with Gasteiger partial charge in [0.2, 0.25) is 11.6 Å². The van der Waals surface area contributed by atoms with Gasteiger partial charge in [0.1, 0.15) is 7.05 Å². The van der Waals surface area contributed by atoms with Crippen molar-refractivity contribution in [2.24, 2.45) is 21.1 Å².